The smallest absolute Gasteiger partial charge is 0.242 e. The third-order valence-corrected chi connectivity index (χ3v) is 5.41. The van der Waals surface area contributed by atoms with Crippen LogP contribution in [-0.4, -0.2) is 61.1 Å². The van der Waals surface area contributed by atoms with E-state index in [0.717, 1.165) is 42.9 Å². The van der Waals surface area contributed by atoms with Gasteiger partial charge in [0, 0.05) is 19.7 Å². The second-order valence-electron chi connectivity index (χ2n) is 7.83. The largest absolute Gasteiger partial charge is 0.497 e. The summed E-state index contributed by atoms with van der Waals surface area (Å²) < 4.78 is 16.4. The van der Waals surface area contributed by atoms with Crippen LogP contribution in [0.1, 0.15) is 37.5 Å². The minimum atomic E-state index is -0.0940. The summed E-state index contributed by atoms with van der Waals surface area (Å²) in [7, 11) is 1.61. The first kappa shape index (κ1) is 22.9. The number of rotatable bonds is 11. The normalized spacial score (nSPS) is 15.6. The van der Waals surface area contributed by atoms with Gasteiger partial charge >= 0.3 is 0 Å². The molecular weight excluding hydrogens is 396 g/mol. The molecule has 7 heteroatoms. The van der Waals surface area contributed by atoms with Crippen LogP contribution < -0.4 is 4.74 Å². The highest BCUT2D eigenvalue weighted by molar-refractivity contribution is 5.86. The molecular formula is C24H32N2O5. The van der Waals surface area contributed by atoms with Crippen molar-refractivity contribution in [1.82, 2.24) is 9.80 Å². The lowest BCUT2D eigenvalue weighted by Gasteiger charge is -2.28. The Bertz CT molecular complexity index is 813. The van der Waals surface area contributed by atoms with Gasteiger partial charge in [-0.05, 0) is 49.1 Å². The maximum atomic E-state index is 13.2. The lowest BCUT2D eigenvalue weighted by Crippen LogP contribution is -2.45. The van der Waals surface area contributed by atoms with Gasteiger partial charge in [0.05, 0.1) is 39.0 Å². The van der Waals surface area contributed by atoms with E-state index >= 15 is 0 Å². The number of furan rings is 1. The molecule has 0 saturated carbocycles. The lowest BCUT2D eigenvalue weighted by molar-refractivity contribution is -0.141. The standard InChI is InChI=1S/C24H32N2O5/c1-3-12-25(23(27)15-19-8-10-20(29-2)11-9-19)18-24(28)26(16-21-6-4-13-30-21)17-22-7-5-14-31-22/h4,6,8-11,13,22H,3,5,7,12,14-18H2,1-2H3. The summed E-state index contributed by atoms with van der Waals surface area (Å²) in [6, 6.07) is 11.1. The molecule has 1 saturated heterocycles. The molecule has 1 fully saturated rings. The van der Waals surface area contributed by atoms with E-state index in [1.807, 2.05) is 43.3 Å². The van der Waals surface area contributed by atoms with E-state index < -0.39 is 0 Å². The molecule has 2 amide bonds. The molecule has 31 heavy (non-hydrogen) atoms. The van der Waals surface area contributed by atoms with Crippen molar-refractivity contribution in [3.63, 3.8) is 0 Å². The van der Waals surface area contributed by atoms with Crippen LogP contribution in [0.4, 0.5) is 0 Å². The molecule has 7 nitrogen and oxygen atoms in total. The Labute approximate surface area is 183 Å². The molecule has 1 aliphatic heterocycles. The van der Waals surface area contributed by atoms with Gasteiger partial charge in [0.1, 0.15) is 11.5 Å². The maximum Gasteiger partial charge on any atom is 0.242 e. The SMILES string of the molecule is CCCN(CC(=O)N(Cc1ccco1)CC1CCCO1)C(=O)Cc1ccc(OC)cc1. The molecule has 0 radical (unpaired) electrons. The number of carbonyl (C=O) groups is 2. The number of carbonyl (C=O) groups excluding carboxylic acids is 2. The zero-order valence-corrected chi connectivity index (χ0v) is 18.4. The van der Waals surface area contributed by atoms with Gasteiger partial charge in [0.15, 0.2) is 0 Å². The van der Waals surface area contributed by atoms with E-state index in [1.54, 1.807) is 23.2 Å². The Morgan fingerprint density at radius 3 is 2.55 bits per heavy atom. The Morgan fingerprint density at radius 1 is 1.13 bits per heavy atom. The minimum Gasteiger partial charge on any atom is -0.497 e. The average molecular weight is 429 g/mol. The van der Waals surface area contributed by atoms with Crippen molar-refractivity contribution < 1.29 is 23.5 Å². The molecule has 2 heterocycles. The fraction of sp³-hybridized carbons (Fsp3) is 0.500. The van der Waals surface area contributed by atoms with Gasteiger partial charge < -0.3 is 23.7 Å². The molecule has 2 aromatic rings. The van der Waals surface area contributed by atoms with Gasteiger partial charge in [0.25, 0.3) is 0 Å². The monoisotopic (exact) mass is 428 g/mol. The summed E-state index contributed by atoms with van der Waals surface area (Å²) in [4.78, 5) is 29.6. The Balaban J connectivity index is 1.65. The van der Waals surface area contributed by atoms with Crippen molar-refractivity contribution in [2.24, 2.45) is 0 Å². The van der Waals surface area contributed by atoms with Gasteiger partial charge in [-0.25, -0.2) is 0 Å². The van der Waals surface area contributed by atoms with E-state index in [-0.39, 0.29) is 30.9 Å². The van der Waals surface area contributed by atoms with Gasteiger partial charge in [-0.1, -0.05) is 19.1 Å². The summed E-state index contributed by atoms with van der Waals surface area (Å²) in [5, 5.41) is 0. The predicted octanol–water partition coefficient (Wildman–Crippen LogP) is 3.28. The van der Waals surface area contributed by atoms with Crippen molar-refractivity contribution in [2.45, 2.75) is 45.3 Å². The summed E-state index contributed by atoms with van der Waals surface area (Å²) in [6.45, 7) is 4.21. The molecule has 1 unspecified atom stereocenters. The van der Waals surface area contributed by atoms with Gasteiger partial charge in [0.2, 0.25) is 11.8 Å². The summed E-state index contributed by atoms with van der Waals surface area (Å²) in [5.74, 6) is 1.32. The third kappa shape index (κ3) is 6.85. The van der Waals surface area contributed by atoms with E-state index in [2.05, 4.69) is 0 Å². The highest BCUT2D eigenvalue weighted by atomic mass is 16.5. The molecule has 3 rings (SSSR count). The molecule has 0 N–H and O–H groups in total. The first-order valence-corrected chi connectivity index (χ1v) is 10.9. The molecule has 1 aromatic carbocycles. The summed E-state index contributed by atoms with van der Waals surface area (Å²) >= 11 is 0. The number of nitrogens with zero attached hydrogens (tertiary/aromatic N) is 2. The van der Waals surface area contributed by atoms with E-state index in [9.17, 15) is 9.59 Å². The first-order chi connectivity index (χ1) is 15.1. The minimum absolute atomic E-state index is 0.0357. The second kappa shape index (κ2) is 11.6. The molecule has 0 bridgehead atoms. The maximum absolute atomic E-state index is 13.2. The summed E-state index contributed by atoms with van der Waals surface area (Å²) in [6.07, 6.45) is 4.62. The lowest BCUT2D eigenvalue weighted by atomic mass is 10.1. The zero-order chi connectivity index (χ0) is 22.1. The van der Waals surface area contributed by atoms with E-state index in [1.165, 1.54) is 0 Å². The van der Waals surface area contributed by atoms with Crippen LogP contribution >= 0.6 is 0 Å². The topological polar surface area (TPSA) is 72.2 Å². The number of amides is 2. The van der Waals surface area contributed by atoms with Crippen LogP contribution in [-0.2, 0) is 27.3 Å². The number of hydrogen-bond donors (Lipinski definition) is 0. The average Bonchev–Trinajstić information content (AvgIpc) is 3.48. The Hall–Kier alpha value is -2.80. The van der Waals surface area contributed by atoms with E-state index in [4.69, 9.17) is 13.9 Å². The van der Waals surface area contributed by atoms with Crippen LogP contribution in [0.15, 0.2) is 47.1 Å². The number of ether oxygens (including phenoxy) is 2. The first-order valence-electron chi connectivity index (χ1n) is 10.9. The molecule has 1 atom stereocenters. The van der Waals surface area contributed by atoms with Crippen molar-refractivity contribution >= 4 is 11.8 Å². The Kier molecular flexibility index (Phi) is 8.53. The van der Waals surface area contributed by atoms with Crippen molar-refractivity contribution in [1.29, 1.82) is 0 Å². The molecule has 1 aromatic heterocycles. The van der Waals surface area contributed by atoms with Crippen LogP contribution in [0.3, 0.4) is 0 Å². The third-order valence-electron chi connectivity index (χ3n) is 5.41. The van der Waals surface area contributed by atoms with Crippen LogP contribution in [0.25, 0.3) is 0 Å². The quantitative estimate of drug-likeness (QED) is 0.549. The highest BCUT2D eigenvalue weighted by Crippen LogP contribution is 2.17. The van der Waals surface area contributed by atoms with E-state index in [0.29, 0.717) is 19.6 Å². The molecule has 0 aliphatic carbocycles. The van der Waals surface area contributed by atoms with Crippen LogP contribution in [0.2, 0.25) is 0 Å². The predicted molar refractivity (Wildman–Crippen MR) is 117 cm³/mol. The molecule has 0 spiro atoms. The molecule has 168 valence electrons. The molecule has 1 aliphatic rings. The van der Waals surface area contributed by atoms with Crippen molar-refractivity contribution in [3.05, 3.63) is 54.0 Å². The fourth-order valence-electron chi connectivity index (χ4n) is 3.73. The van der Waals surface area contributed by atoms with Gasteiger partial charge in [-0.15, -0.1) is 0 Å². The van der Waals surface area contributed by atoms with Crippen molar-refractivity contribution in [2.75, 3.05) is 33.4 Å². The van der Waals surface area contributed by atoms with Crippen LogP contribution in [0, 0.1) is 0 Å². The van der Waals surface area contributed by atoms with Crippen LogP contribution in [0.5, 0.6) is 5.75 Å². The van der Waals surface area contributed by atoms with Crippen molar-refractivity contribution in [3.8, 4) is 5.75 Å². The number of hydrogen-bond acceptors (Lipinski definition) is 5. The van der Waals surface area contributed by atoms with Gasteiger partial charge in [-0.2, -0.15) is 0 Å². The fourth-order valence-corrected chi connectivity index (χ4v) is 3.73. The van der Waals surface area contributed by atoms with Gasteiger partial charge in [-0.3, -0.25) is 9.59 Å². The highest BCUT2D eigenvalue weighted by Gasteiger charge is 2.26. The summed E-state index contributed by atoms with van der Waals surface area (Å²) in [5.41, 5.74) is 0.895. The Morgan fingerprint density at radius 2 is 1.94 bits per heavy atom. The second-order valence-corrected chi connectivity index (χ2v) is 7.83. The number of methoxy groups -OCH3 is 1. The number of benzene rings is 1. The zero-order valence-electron chi connectivity index (χ0n) is 18.4.